The molecule has 0 saturated heterocycles. The molecule has 4 aromatic heterocycles. The van der Waals surface area contributed by atoms with Gasteiger partial charge in [-0.2, -0.15) is 9.61 Å². The lowest BCUT2D eigenvalue weighted by molar-refractivity contribution is -0.120. The number of fused-ring (bicyclic) bond motifs is 3. The first kappa shape index (κ1) is 26.5. The smallest absolute Gasteiger partial charge is 0.233 e. The summed E-state index contributed by atoms with van der Waals surface area (Å²) in [5, 5.41) is 13.3. The maximum Gasteiger partial charge on any atom is 0.233 e. The lowest BCUT2D eigenvalue weighted by Crippen LogP contribution is -2.32. The Morgan fingerprint density at radius 3 is 2.59 bits per heavy atom. The van der Waals surface area contributed by atoms with Crippen LogP contribution < -0.4 is 14.8 Å². The second-order valence-corrected chi connectivity index (χ2v) is 10.3. The van der Waals surface area contributed by atoms with Gasteiger partial charge in [-0.05, 0) is 44.5 Å². The van der Waals surface area contributed by atoms with Gasteiger partial charge in [0.15, 0.2) is 28.1 Å². The number of thioether (sulfide) groups is 1. The highest BCUT2D eigenvalue weighted by Crippen LogP contribution is 2.35. The van der Waals surface area contributed by atoms with E-state index in [0.717, 1.165) is 16.8 Å². The summed E-state index contributed by atoms with van der Waals surface area (Å²) in [5.41, 5.74) is 3.37. The number of aromatic nitrogens is 6. The van der Waals surface area contributed by atoms with Crippen LogP contribution in [0.4, 0.5) is 0 Å². The quantitative estimate of drug-likeness (QED) is 0.191. The number of nitrogens with one attached hydrogen (secondary N) is 1. The van der Waals surface area contributed by atoms with E-state index in [9.17, 15) is 4.79 Å². The van der Waals surface area contributed by atoms with Crippen LogP contribution in [0.15, 0.2) is 46.2 Å². The molecule has 5 rings (SSSR count). The zero-order valence-electron chi connectivity index (χ0n) is 22.6. The summed E-state index contributed by atoms with van der Waals surface area (Å²) in [6.45, 7) is 6.95. The zero-order valence-corrected chi connectivity index (χ0v) is 23.4. The molecule has 1 amide bonds. The molecule has 0 saturated carbocycles. The van der Waals surface area contributed by atoms with Crippen LogP contribution in [0, 0.1) is 13.8 Å². The molecule has 0 aliphatic heterocycles. The molecule has 0 aliphatic rings. The first-order valence-electron chi connectivity index (χ1n) is 12.7. The number of aryl methyl sites for hydroxylation is 4. The van der Waals surface area contributed by atoms with Gasteiger partial charge in [0.25, 0.3) is 0 Å². The van der Waals surface area contributed by atoms with Gasteiger partial charge >= 0.3 is 0 Å². The minimum absolute atomic E-state index is 0.105. The van der Waals surface area contributed by atoms with Crippen LogP contribution in [-0.2, 0) is 24.3 Å². The van der Waals surface area contributed by atoms with Gasteiger partial charge in [0.2, 0.25) is 5.91 Å². The second-order valence-electron chi connectivity index (χ2n) is 9.09. The second kappa shape index (κ2) is 11.4. The van der Waals surface area contributed by atoms with Gasteiger partial charge in [0.1, 0.15) is 5.76 Å². The Kier molecular flexibility index (Phi) is 7.73. The molecule has 11 nitrogen and oxygen atoms in total. The number of carbonyl (C=O) groups excluding carboxylic acids is 1. The largest absolute Gasteiger partial charge is 0.493 e. The number of rotatable bonds is 11. The highest BCUT2D eigenvalue weighted by atomic mass is 32.2. The first-order chi connectivity index (χ1) is 18.9. The van der Waals surface area contributed by atoms with Crippen molar-refractivity contribution in [2.75, 3.05) is 14.2 Å². The summed E-state index contributed by atoms with van der Waals surface area (Å²) in [7, 11) is 3.18. The van der Waals surface area contributed by atoms with E-state index >= 15 is 0 Å². The van der Waals surface area contributed by atoms with Crippen LogP contribution in [0.1, 0.15) is 36.3 Å². The number of furan rings is 1. The number of methoxy groups -OCH3 is 2. The van der Waals surface area contributed by atoms with E-state index in [1.54, 1.807) is 31.1 Å². The van der Waals surface area contributed by atoms with Gasteiger partial charge in [-0.1, -0.05) is 18.7 Å². The lowest BCUT2D eigenvalue weighted by Gasteiger charge is -2.15. The minimum atomic E-state index is -0.393. The average molecular weight is 550 g/mol. The lowest BCUT2D eigenvalue weighted by atomic mass is 10.2. The van der Waals surface area contributed by atoms with Crippen molar-refractivity contribution in [3.63, 3.8) is 0 Å². The fraction of sp³-hybridized carbons (Fsp3) is 0.370. The number of carbonyl (C=O) groups is 1. The standard InChI is InChI=1S/C27H31N7O4S/c1-6-23(26(35)28-15-18-8-7-11-38-18)39-27-29-20-14-22(37-5)21(36-4)13-19(20)25-30-24(32-34(25)27)9-10-33-17(3)12-16(2)31-33/h7-8,11-14,23H,6,9-10,15H2,1-5H3,(H,28,35). The molecule has 0 radical (unpaired) electrons. The molecule has 1 N–H and O–H groups in total. The SMILES string of the molecule is CCC(Sc1nc2cc(OC)c(OC)cc2c2nc(CCn3nc(C)cc3C)nn12)C(=O)NCc1ccco1. The van der Waals surface area contributed by atoms with Crippen molar-refractivity contribution >= 4 is 34.2 Å². The van der Waals surface area contributed by atoms with Crippen molar-refractivity contribution in [1.82, 2.24) is 34.7 Å². The van der Waals surface area contributed by atoms with Crippen LogP contribution in [-0.4, -0.2) is 54.7 Å². The Labute approximate surface area is 229 Å². The molecule has 1 atom stereocenters. The molecule has 204 valence electrons. The number of amides is 1. The average Bonchev–Trinajstić information content (AvgIpc) is 3.68. The van der Waals surface area contributed by atoms with E-state index < -0.39 is 5.25 Å². The topological polar surface area (TPSA) is 122 Å². The normalized spacial score (nSPS) is 12.2. The summed E-state index contributed by atoms with van der Waals surface area (Å²) in [6, 6.07) is 9.35. The molecule has 0 aliphatic carbocycles. The van der Waals surface area contributed by atoms with Gasteiger partial charge in [-0.15, -0.1) is 5.10 Å². The van der Waals surface area contributed by atoms with Crippen molar-refractivity contribution < 1.29 is 18.7 Å². The van der Waals surface area contributed by atoms with Crippen molar-refractivity contribution in [3.05, 3.63) is 59.6 Å². The van der Waals surface area contributed by atoms with Gasteiger partial charge in [-0.3, -0.25) is 9.48 Å². The molecule has 39 heavy (non-hydrogen) atoms. The third kappa shape index (κ3) is 5.56. The van der Waals surface area contributed by atoms with Gasteiger partial charge < -0.3 is 19.2 Å². The molecular formula is C27H31N7O4S. The van der Waals surface area contributed by atoms with Crippen LogP contribution in [0.3, 0.4) is 0 Å². The summed E-state index contributed by atoms with van der Waals surface area (Å²) in [6.07, 6.45) is 2.77. The zero-order chi connectivity index (χ0) is 27.5. The fourth-order valence-electron chi connectivity index (χ4n) is 4.39. The van der Waals surface area contributed by atoms with Crippen molar-refractivity contribution in [2.45, 2.75) is 57.1 Å². The molecule has 12 heteroatoms. The predicted molar refractivity (Wildman–Crippen MR) is 147 cm³/mol. The number of hydrogen-bond donors (Lipinski definition) is 1. The van der Waals surface area contributed by atoms with Crippen molar-refractivity contribution in [2.24, 2.45) is 0 Å². The number of benzene rings is 1. The monoisotopic (exact) mass is 549 g/mol. The van der Waals surface area contributed by atoms with E-state index in [1.165, 1.54) is 11.8 Å². The fourth-order valence-corrected chi connectivity index (χ4v) is 5.38. The van der Waals surface area contributed by atoms with Crippen LogP contribution in [0.5, 0.6) is 11.5 Å². The summed E-state index contributed by atoms with van der Waals surface area (Å²) < 4.78 is 20.1. The van der Waals surface area contributed by atoms with E-state index in [1.807, 2.05) is 49.7 Å². The molecular weight excluding hydrogens is 518 g/mol. The Balaban J connectivity index is 1.51. The Morgan fingerprint density at radius 1 is 1.13 bits per heavy atom. The number of ether oxygens (including phenoxy) is 2. The van der Waals surface area contributed by atoms with Crippen molar-refractivity contribution in [1.29, 1.82) is 0 Å². The molecule has 4 heterocycles. The number of hydrogen-bond acceptors (Lipinski definition) is 9. The molecule has 0 fully saturated rings. The van der Waals surface area contributed by atoms with Crippen molar-refractivity contribution in [3.8, 4) is 11.5 Å². The Morgan fingerprint density at radius 2 is 1.92 bits per heavy atom. The maximum absolute atomic E-state index is 13.1. The van der Waals surface area contributed by atoms with E-state index in [-0.39, 0.29) is 5.91 Å². The number of nitrogens with zero attached hydrogens (tertiary/aromatic N) is 6. The van der Waals surface area contributed by atoms with Gasteiger partial charge in [0, 0.05) is 30.1 Å². The van der Waals surface area contributed by atoms with E-state index in [0.29, 0.717) is 65.3 Å². The molecule has 1 unspecified atom stereocenters. The van der Waals surface area contributed by atoms with Gasteiger partial charge in [-0.25, -0.2) is 9.97 Å². The molecule has 1 aromatic carbocycles. The highest BCUT2D eigenvalue weighted by molar-refractivity contribution is 8.00. The summed E-state index contributed by atoms with van der Waals surface area (Å²) >= 11 is 1.35. The van der Waals surface area contributed by atoms with Gasteiger partial charge in [0.05, 0.1) is 43.5 Å². The molecule has 0 bridgehead atoms. The Hall–Kier alpha value is -4.06. The Bertz CT molecular complexity index is 1610. The van der Waals surface area contributed by atoms with E-state index in [2.05, 4.69) is 10.4 Å². The first-order valence-corrected chi connectivity index (χ1v) is 13.6. The molecule has 5 aromatic rings. The molecule has 0 spiro atoms. The predicted octanol–water partition coefficient (Wildman–Crippen LogP) is 4.13. The van der Waals surface area contributed by atoms with E-state index in [4.69, 9.17) is 29.0 Å². The highest BCUT2D eigenvalue weighted by Gasteiger charge is 2.23. The summed E-state index contributed by atoms with van der Waals surface area (Å²) in [5.74, 6) is 2.38. The summed E-state index contributed by atoms with van der Waals surface area (Å²) in [4.78, 5) is 22.8. The third-order valence-electron chi connectivity index (χ3n) is 6.37. The van der Waals surface area contributed by atoms with Crippen LogP contribution in [0.2, 0.25) is 0 Å². The third-order valence-corrected chi connectivity index (χ3v) is 7.68. The van der Waals surface area contributed by atoms with Crippen LogP contribution >= 0.6 is 11.8 Å². The maximum atomic E-state index is 13.1. The minimum Gasteiger partial charge on any atom is -0.493 e. The van der Waals surface area contributed by atoms with Crippen LogP contribution in [0.25, 0.3) is 16.6 Å².